The van der Waals surface area contributed by atoms with Crippen molar-refractivity contribution in [2.24, 2.45) is 0 Å². The van der Waals surface area contributed by atoms with E-state index in [9.17, 15) is 4.79 Å². The molecule has 0 spiro atoms. The zero-order valence-corrected chi connectivity index (χ0v) is 13.0. The molecule has 0 aliphatic heterocycles. The van der Waals surface area contributed by atoms with Crippen molar-refractivity contribution in [2.75, 3.05) is 33.8 Å². The highest BCUT2D eigenvalue weighted by atomic mass is 16.5. The second kappa shape index (κ2) is 8.98. The maximum absolute atomic E-state index is 11.9. The third-order valence-electron chi connectivity index (χ3n) is 3.08. The van der Waals surface area contributed by atoms with Crippen molar-refractivity contribution in [1.29, 1.82) is 5.26 Å². The average Bonchev–Trinajstić information content (AvgIpc) is 2.46. The predicted octanol–water partition coefficient (Wildman–Crippen LogP) is 1.89. The molecule has 0 aliphatic carbocycles. The van der Waals surface area contributed by atoms with Crippen molar-refractivity contribution in [3.8, 4) is 11.8 Å². The Morgan fingerprint density at radius 3 is 2.52 bits per heavy atom. The molecule has 5 nitrogen and oxygen atoms in total. The first-order valence-corrected chi connectivity index (χ1v) is 7.08. The molecule has 0 unspecified atom stereocenters. The van der Waals surface area contributed by atoms with E-state index in [0.717, 1.165) is 11.3 Å². The lowest BCUT2D eigenvalue weighted by Crippen LogP contribution is -2.36. The van der Waals surface area contributed by atoms with Crippen LogP contribution in [0.15, 0.2) is 24.3 Å². The number of nitrogens with zero attached hydrogens (tertiary/aromatic N) is 3. The van der Waals surface area contributed by atoms with E-state index in [4.69, 9.17) is 10.00 Å². The molecule has 0 saturated heterocycles. The van der Waals surface area contributed by atoms with E-state index in [-0.39, 0.29) is 5.91 Å². The molecule has 0 saturated carbocycles. The summed E-state index contributed by atoms with van der Waals surface area (Å²) in [7, 11) is 3.64. The maximum Gasteiger partial charge on any atom is 0.236 e. The number of nitriles is 1. The van der Waals surface area contributed by atoms with Crippen LogP contribution >= 0.6 is 0 Å². The van der Waals surface area contributed by atoms with Crippen LogP contribution in [-0.4, -0.2) is 49.5 Å². The Hall–Kier alpha value is -2.06. The van der Waals surface area contributed by atoms with Gasteiger partial charge in [-0.25, -0.2) is 0 Å². The summed E-state index contributed by atoms with van der Waals surface area (Å²) in [4.78, 5) is 15.5. The van der Waals surface area contributed by atoms with Crippen molar-refractivity contribution in [3.63, 3.8) is 0 Å². The predicted molar refractivity (Wildman–Crippen MR) is 81.8 cm³/mol. The largest absolute Gasteiger partial charge is 0.494 e. The van der Waals surface area contributed by atoms with Crippen LogP contribution in [0.4, 0.5) is 0 Å². The van der Waals surface area contributed by atoms with Gasteiger partial charge in [0.15, 0.2) is 0 Å². The van der Waals surface area contributed by atoms with E-state index in [1.807, 2.05) is 49.2 Å². The van der Waals surface area contributed by atoms with Crippen LogP contribution < -0.4 is 4.74 Å². The van der Waals surface area contributed by atoms with Crippen LogP contribution in [-0.2, 0) is 11.3 Å². The quantitative estimate of drug-likeness (QED) is 0.733. The van der Waals surface area contributed by atoms with Gasteiger partial charge in [-0.15, -0.1) is 0 Å². The molecule has 0 radical (unpaired) electrons. The van der Waals surface area contributed by atoms with Gasteiger partial charge in [-0.2, -0.15) is 5.26 Å². The molecule has 0 aromatic heterocycles. The van der Waals surface area contributed by atoms with Gasteiger partial charge in [0.1, 0.15) is 5.75 Å². The van der Waals surface area contributed by atoms with Crippen molar-refractivity contribution in [2.45, 2.75) is 19.9 Å². The Morgan fingerprint density at radius 1 is 1.29 bits per heavy atom. The standard InChI is InChI=1S/C16H23N3O2/c1-4-21-15-8-6-14(7-9-15)12-18(2)13-16(20)19(3)11-5-10-17/h6-9H,4-5,11-13H2,1-3H3. The number of hydrogen-bond acceptors (Lipinski definition) is 4. The Labute approximate surface area is 126 Å². The van der Waals surface area contributed by atoms with Gasteiger partial charge in [0, 0.05) is 20.1 Å². The van der Waals surface area contributed by atoms with Gasteiger partial charge in [-0.1, -0.05) is 12.1 Å². The fraction of sp³-hybridized carbons (Fsp3) is 0.500. The van der Waals surface area contributed by atoms with E-state index in [1.165, 1.54) is 0 Å². The number of ether oxygens (including phenoxy) is 1. The maximum atomic E-state index is 11.9. The summed E-state index contributed by atoms with van der Waals surface area (Å²) in [5.74, 6) is 0.884. The molecule has 5 heteroatoms. The Balaban J connectivity index is 2.44. The van der Waals surface area contributed by atoms with Crippen molar-refractivity contribution < 1.29 is 9.53 Å². The van der Waals surface area contributed by atoms with Gasteiger partial charge < -0.3 is 9.64 Å². The molecule has 1 aromatic rings. The van der Waals surface area contributed by atoms with Gasteiger partial charge >= 0.3 is 0 Å². The molecular formula is C16H23N3O2. The fourth-order valence-electron chi connectivity index (χ4n) is 1.92. The average molecular weight is 289 g/mol. The first-order chi connectivity index (χ1) is 10.1. The highest BCUT2D eigenvalue weighted by Gasteiger charge is 2.11. The van der Waals surface area contributed by atoms with Gasteiger partial charge in [0.2, 0.25) is 5.91 Å². The molecule has 0 heterocycles. The summed E-state index contributed by atoms with van der Waals surface area (Å²) < 4.78 is 5.40. The SMILES string of the molecule is CCOc1ccc(CN(C)CC(=O)N(C)CCC#N)cc1. The Bertz CT molecular complexity index is 479. The van der Waals surface area contributed by atoms with Crippen LogP contribution in [0.2, 0.25) is 0 Å². The van der Waals surface area contributed by atoms with E-state index < -0.39 is 0 Å². The number of hydrogen-bond donors (Lipinski definition) is 0. The summed E-state index contributed by atoms with van der Waals surface area (Å²) in [5, 5.41) is 8.53. The lowest BCUT2D eigenvalue weighted by Gasteiger charge is -2.21. The third-order valence-corrected chi connectivity index (χ3v) is 3.08. The van der Waals surface area contributed by atoms with Gasteiger partial charge in [0.25, 0.3) is 0 Å². The first kappa shape index (κ1) is 17.0. The number of carbonyl (C=O) groups excluding carboxylic acids is 1. The summed E-state index contributed by atoms with van der Waals surface area (Å²) in [6, 6.07) is 9.93. The number of carbonyl (C=O) groups is 1. The molecule has 0 atom stereocenters. The van der Waals surface area contributed by atoms with Gasteiger partial charge in [-0.05, 0) is 31.7 Å². The smallest absolute Gasteiger partial charge is 0.236 e. The van der Waals surface area contributed by atoms with Crippen molar-refractivity contribution in [3.05, 3.63) is 29.8 Å². The molecule has 21 heavy (non-hydrogen) atoms. The van der Waals surface area contributed by atoms with Crippen LogP contribution in [0.5, 0.6) is 5.75 Å². The number of benzene rings is 1. The number of rotatable bonds is 8. The van der Waals surface area contributed by atoms with E-state index in [0.29, 0.717) is 32.7 Å². The summed E-state index contributed by atoms with van der Waals surface area (Å²) in [6.07, 6.45) is 0.366. The zero-order chi connectivity index (χ0) is 15.7. The molecule has 0 aliphatic rings. The number of likely N-dealkylation sites (N-methyl/N-ethyl adjacent to an activating group) is 2. The Kier molecular flexibility index (Phi) is 7.27. The fourth-order valence-corrected chi connectivity index (χ4v) is 1.92. The zero-order valence-electron chi connectivity index (χ0n) is 13.0. The lowest BCUT2D eigenvalue weighted by atomic mass is 10.2. The van der Waals surface area contributed by atoms with Crippen LogP contribution in [0.3, 0.4) is 0 Å². The van der Waals surface area contributed by atoms with Gasteiger partial charge in [-0.3, -0.25) is 9.69 Å². The topological polar surface area (TPSA) is 56.6 Å². The normalized spacial score (nSPS) is 10.2. The van der Waals surface area contributed by atoms with Crippen molar-refractivity contribution >= 4 is 5.91 Å². The molecule has 1 amide bonds. The highest BCUT2D eigenvalue weighted by molar-refractivity contribution is 5.77. The van der Waals surface area contributed by atoms with Crippen LogP contribution in [0.25, 0.3) is 0 Å². The monoisotopic (exact) mass is 289 g/mol. The van der Waals surface area contributed by atoms with Crippen LogP contribution in [0.1, 0.15) is 18.9 Å². The minimum atomic E-state index is 0.0266. The van der Waals surface area contributed by atoms with Crippen LogP contribution in [0, 0.1) is 11.3 Å². The molecule has 1 aromatic carbocycles. The molecule has 0 fully saturated rings. The van der Waals surface area contributed by atoms with E-state index >= 15 is 0 Å². The van der Waals surface area contributed by atoms with Crippen molar-refractivity contribution in [1.82, 2.24) is 9.80 Å². The minimum absolute atomic E-state index is 0.0266. The molecule has 0 bridgehead atoms. The second-order valence-corrected chi connectivity index (χ2v) is 4.97. The van der Waals surface area contributed by atoms with Gasteiger partial charge in [0.05, 0.1) is 25.6 Å². The second-order valence-electron chi connectivity index (χ2n) is 4.97. The minimum Gasteiger partial charge on any atom is -0.494 e. The molecular weight excluding hydrogens is 266 g/mol. The van der Waals surface area contributed by atoms with E-state index in [1.54, 1.807) is 11.9 Å². The summed E-state index contributed by atoms with van der Waals surface area (Å²) in [6.45, 7) is 4.13. The third kappa shape index (κ3) is 6.28. The first-order valence-electron chi connectivity index (χ1n) is 7.08. The molecule has 1 rings (SSSR count). The summed E-state index contributed by atoms with van der Waals surface area (Å²) in [5.41, 5.74) is 1.13. The molecule has 0 N–H and O–H groups in total. The number of amides is 1. The van der Waals surface area contributed by atoms with E-state index in [2.05, 4.69) is 0 Å². The lowest BCUT2D eigenvalue weighted by molar-refractivity contribution is -0.130. The Morgan fingerprint density at radius 2 is 1.95 bits per heavy atom. The highest BCUT2D eigenvalue weighted by Crippen LogP contribution is 2.13. The molecule has 114 valence electrons. The summed E-state index contributed by atoms with van der Waals surface area (Å²) >= 11 is 0.